The Balaban J connectivity index is 1.73. The van der Waals surface area contributed by atoms with Crippen LogP contribution < -0.4 is 4.31 Å². The molecule has 0 unspecified atom stereocenters. The van der Waals surface area contributed by atoms with Gasteiger partial charge in [0.05, 0.1) is 17.5 Å². The van der Waals surface area contributed by atoms with Gasteiger partial charge in [-0.3, -0.25) is 9.10 Å². The third-order valence-corrected chi connectivity index (χ3v) is 6.74. The van der Waals surface area contributed by atoms with E-state index in [2.05, 4.69) is 0 Å². The molecule has 27 heavy (non-hydrogen) atoms. The number of nitrogens with zero attached hydrogens (tertiary/aromatic N) is 1. The van der Waals surface area contributed by atoms with Crippen LogP contribution in [-0.2, 0) is 21.2 Å². The van der Waals surface area contributed by atoms with E-state index < -0.39 is 16.0 Å². The third-order valence-electron chi connectivity index (χ3n) is 4.51. The Morgan fingerprint density at radius 1 is 1.26 bits per heavy atom. The molecule has 0 bridgehead atoms. The molecule has 1 aliphatic heterocycles. The monoisotopic (exact) mass is 407 g/mol. The van der Waals surface area contributed by atoms with Crippen molar-refractivity contribution in [1.82, 2.24) is 0 Å². The number of Topliss-reactive ketones (excluding diaryl/α,β-unsaturated/α-hetero) is 1. The van der Waals surface area contributed by atoms with Crippen LogP contribution >= 0.6 is 11.3 Å². The first-order valence-electron chi connectivity index (χ1n) is 8.47. The van der Waals surface area contributed by atoms with Gasteiger partial charge in [0.15, 0.2) is 12.4 Å². The number of hydrogen-bond acceptors (Lipinski definition) is 6. The second-order valence-electron chi connectivity index (χ2n) is 6.78. The number of thiophene rings is 1. The molecule has 0 aliphatic carbocycles. The number of ether oxygens (including phenoxy) is 1. The second-order valence-corrected chi connectivity index (χ2v) is 10.1. The Bertz CT molecular complexity index is 1020. The fourth-order valence-electron chi connectivity index (χ4n) is 3.41. The first-order valence-corrected chi connectivity index (χ1v) is 11.1. The molecule has 1 aliphatic rings. The van der Waals surface area contributed by atoms with Gasteiger partial charge in [-0.2, -0.15) is 0 Å². The van der Waals surface area contributed by atoms with Crippen molar-refractivity contribution >= 4 is 38.8 Å². The zero-order valence-electron chi connectivity index (χ0n) is 15.6. The fraction of sp³-hybridized carbons (Fsp3) is 0.368. The van der Waals surface area contributed by atoms with Gasteiger partial charge in [-0.25, -0.2) is 13.2 Å². The summed E-state index contributed by atoms with van der Waals surface area (Å²) in [4.78, 5) is 26.4. The van der Waals surface area contributed by atoms with Crippen LogP contribution in [0.25, 0.3) is 0 Å². The van der Waals surface area contributed by atoms with Crippen LogP contribution in [-0.4, -0.2) is 39.1 Å². The first kappa shape index (κ1) is 19.6. The van der Waals surface area contributed by atoms with Gasteiger partial charge in [-0.05, 0) is 57.0 Å². The summed E-state index contributed by atoms with van der Waals surface area (Å²) in [6.07, 6.45) is 1.71. The molecule has 1 aromatic heterocycles. The predicted octanol–water partition coefficient (Wildman–Crippen LogP) is 3.12. The van der Waals surface area contributed by atoms with Crippen molar-refractivity contribution in [3.05, 3.63) is 50.7 Å². The van der Waals surface area contributed by atoms with E-state index in [1.807, 2.05) is 20.8 Å². The lowest BCUT2D eigenvalue weighted by atomic mass is 10.0. The number of fused-ring (bicyclic) bond motifs is 1. The van der Waals surface area contributed by atoms with Gasteiger partial charge in [-0.1, -0.05) is 0 Å². The van der Waals surface area contributed by atoms with Crippen LogP contribution in [0.2, 0.25) is 0 Å². The van der Waals surface area contributed by atoms with Crippen molar-refractivity contribution in [2.45, 2.75) is 33.2 Å². The van der Waals surface area contributed by atoms with Crippen molar-refractivity contribution in [2.24, 2.45) is 0 Å². The lowest BCUT2D eigenvalue weighted by Gasteiger charge is -2.21. The lowest BCUT2D eigenvalue weighted by Crippen LogP contribution is -2.34. The molecule has 0 amide bonds. The number of hydrogen-bond donors (Lipinski definition) is 0. The smallest absolute Gasteiger partial charge is 0.339 e. The van der Waals surface area contributed by atoms with Crippen LogP contribution in [0.4, 0.5) is 5.69 Å². The summed E-state index contributed by atoms with van der Waals surface area (Å²) in [5.41, 5.74) is 2.29. The molecule has 0 fully saturated rings. The van der Waals surface area contributed by atoms with Gasteiger partial charge >= 0.3 is 5.97 Å². The molecule has 2 aromatic rings. The van der Waals surface area contributed by atoms with E-state index in [0.29, 0.717) is 23.2 Å². The summed E-state index contributed by atoms with van der Waals surface area (Å²) < 4.78 is 30.5. The minimum absolute atomic E-state index is 0.192. The van der Waals surface area contributed by atoms with Crippen molar-refractivity contribution in [3.8, 4) is 0 Å². The number of carbonyl (C=O) groups excluding carboxylic acids is 2. The number of carbonyl (C=O) groups is 2. The minimum atomic E-state index is -3.37. The number of anilines is 1. The predicted molar refractivity (Wildman–Crippen MR) is 105 cm³/mol. The van der Waals surface area contributed by atoms with Gasteiger partial charge < -0.3 is 4.74 Å². The maximum Gasteiger partial charge on any atom is 0.339 e. The highest BCUT2D eigenvalue weighted by Gasteiger charge is 2.32. The van der Waals surface area contributed by atoms with Crippen molar-refractivity contribution < 1.29 is 22.7 Å². The Kier molecular flexibility index (Phi) is 5.14. The molecular weight excluding hydrogens is 386 g/mol. The zero-order valence-corrected chi connectivity index (χ0v) is 17.2. The Morgan fingerprint density at radius 3 is 2.56 bits per heavy atom. The maximum atomic E-state index is 12.4. The zero-order chi connectivity index (χ0) is 19.9. The van der Waals surface area contributed by atoms with Crippen LogP contribution in [0, 0.1) is 13.8 Å². The van der Waals surface area contributed by atoms with Crippen LogP contribution in [0.3, 0.4) is 0 Å². The largest absolute Gasteiger partial charge is 0.454 e. The van der Waals surface area contributed by atoms with Crippen LogP contribution in [0.15, 0.2) is 24.3 Å². The van der Waals surface area contributed by atoms with Crippen LogP contribution in [0.1, 0.15) is 43.0 Å². The molecule has 6 nitrogen and oxygen atoms in total. The van der Waals surface area contributed by atoms with Gasteiger partial charge in [0.25, 0.3) is 0 Å². The normalized spacial score (nSPS) is 16.3. The van der Waals surface area contributed by atoms with E-state index in [-0.39, 0.29) is 18.4 Å². The van der Waals surface area contributed by atoms with Gasteiger partial charge in [0, 0.05) is 21.4 Å². The van der Waals surface area contributed by atoms with E-state index in [0.717, 1.165) is 15.3 Å². The van der Waals surface area contributed by atoms with Crippen LogP contribution in [0.5, 0.6) is 0 Å². The maximum absolute atomic E-state index is 12.4. The third kappa shape index (κ3) is 3.91. The molecule has 2 heterocycles. The van der Waals surface area contributed by atoms with E-state index in [1.165, 1.54) is 21.9 Å². The summed E-state index contributed by atoms with van der Waals surface area (Å²) >= 11 is 1.50. The standard InChI is InChI=1S/C19H21NO5S2/c1-11-7-15-9-14(5-6-17(15)20(11)27(4,23)24)18(21)10-25-19(22)16-8-12(2)26-13(16)3/h5-6,8-9,11H,7,10H2,1-4H3/t11-/m1/s1. The lowest BCUT2D eigenvalue weighted by molar-refractivity contribution is 0.0474. The molecule has 0 N–H and O–H groups in total. The Hall–Kier alpha value is -2.19. The number of benzene rings is 1. The molecular formula is C19H21NO5S2. The highest BCUT2D eigenvalue weighted by atomic mass is 32.2. The Morgan fingerprint density at radius 2 is 1.96 bits per heavy atom. The summed E-state index contributed by atoms with van der Waals surface area (Å²) in [5, 5.41) is 0. The van der Waals surface area contributed by atoms with Gasteiger partial charge in [0.1, 0.15) is 0 Å². The topological polar surface area (TPSA) is 80.8 Å². The molecule has 8 heteroatoms. The summed E-state index contributed by atoms with van der Waals surface area (Å²) in [7, 11) is -3.37. The summed E-state index contributed by atoms with van der Waals surface area (Å²) in [5.74, 6) is -0.829. The number of rotatable bonds is 5. The fourth-order valence-corrected chi connectivity index (χ4v) is 5.58. The number of ketones is 1. The Labute approximate surface area is 162 Å². The molecule has 0 radical (unpaired) electrons. The summed E-state index contributed by atoms with van der Waals surface area (Å²) in [6, 6.07) is 6.46. The number of esters is 1. The minimum Gasteiger partial charge on any atom is -0.454 e. The highest BCUT2D eigenvalue weighted by Crippen LogP contribution is 2.34. The van der Waals surface area contributed by atoms with Crippen molar-refractivity contribution in [1.29, 1.82) is 0 Å². The molecule has 0 saturated heterocycles. The average molecular weight is 408 g/mol. The average Bonchev–Trinajstić information content (AvgIpc) is 3.08. The first-order chi connectivity index (χ1) is 12.6. The second kappa shape index (κ2) is 7.09. The van der Waals surface area contributed by atoms with Crippen molar-refractivity contribution in [3.63, 3.8) is 0 Å². The van der Waals surface area contributed by atoms with E-state index in [1.54, 1.807) is 24.3 Å². The molecule has 0 spiro atoms. The van der Waals surface area contributed by atoms with Crippen molar-refractivity contribution in [2.75, 3.05) is 17.2 Å². The van der Waals surface area contributed by atoms with E-state index in [4.69, 9.17) is 4.74 Å². The molecule has 1 atom stereocenters. The number of sulfonamides is 1. The van der Waals surface area contributed by atoms with Gasteiger partial charge in [-0.15, -0.1) is 11.3 Å². The number of aryl methyl sites for hydroxylation is 2. The molecule has 1 aromatic carbocycles. The quantitative estimate of drug-likeness (QED) is 0.562. The highest BCUT2D eigenvalue weighted by molar-refractivity contribution is 7.92. The molecule has 144 valence electrons. The van der Waals surface area contributed by atoms with E-state index in [9.17, 15) is 18.0 Å². The molecule has 3 rings (SSSR count). The molecule has 0 saturated carbocycles. The SMILES string of the molecule is Cc1cc(C(=O)OCC(=O)c2ccc3c(c2)C[C@@H](C)N3S(C)(=O)=O)c(C)s1. The summed E-state index contributed by atoms with van der Waals surface area (Å²) in [6.45, 7) is 5.23. The van der Waals surface area contributed by atoms with Gasteiger partial charge in [0.2, 0.25) is 10.0 Å². The van der Waals surface area contributed by atoms with E-state index >= 15 is 0 Å².